The van der Waals surface area contributed by atoms with Crippen LogP contribution in [-0.2, 0) is 11.0 Å². The first-order valence-electron chi connectivity index (χ1n) is 7.29. The summed E-state index contributed by atoms with van der Waals surface area (Å²) >= 11 is 5.52. The van der Waals surface area contributed by atoms with Crippen LogP contribution in [0.2, 0.25) is 5.02 Å². The van der Waals surface area contributed by atoms with Gasteiger partial charge in [0, 0.05) is 17.6 Å². The van der Waals surface area contributed by atoms with Crippen molar-refractivity contribution in [1.29, 1.82) is 10.5 Å². The minimum Gasteiger partial charge on any atom is -0.360 e. The molecule has 0 radical (unpaired) electrons. The largest absolute Gasteiger partial charge is 0.417 e. The molecule has 0 bridgehead atoms. The van der Waals surface area contributed by atoms with E-state index in [1.165, 1.54) is 18.2 Å². The van der Waals surface area contributed by atoms with Crippen LogP contribution in [0.4, 0.5) is 24.5 Å². The van der Waals surface area contributed by atoms with E-state index in [4.69, 9.17) is 22.1 Å². The molecule has 0 spiro atoms. The topological polar surface area (TPSA) is 88.7 Å². The summed E-state index contributed by atoms with van der Waals surface area (Å²) in [6.45, 7) is 0. The first-order chi connectivity index (χ1) is 12.7. The van der Waals surface area contributed by atoms with Crippen molar-refractivity contribution >= 4 is 28.9 Å². The van der Waals surface area contributed by atoms with Crippen LogP contribution < -0.4 is 10.6 Å². The molecule has 2 N–H and O–H groups in total. The maximum Gasteiger partial charge on any atom is 0.417 e. The molecular weight excluding hydrogens is 381 g/mol. The Morgan fingerprint density at radius 2 is 1.70 bits per heavy atom. The van der Waals surface area contributed by atoms with Gasteiger partial charge in [0.05, 0.1) is 22.2 Å². The molecule has 2 aromatic rings. The number of hydrogen-bond donors (Lipinski definition) is 2. The van der Waals surface area contributed by atoms with Gasteiger partial charge in [-0.15, -0.1) is 0 Å². The summed E-state index contributed by atoms with van der Waals surface area (Å²) in [6.07, 6.45) is -3.57. The Bertz CT molecular complexity index is 970. The average Bonchev–Trinajstić information content (AvgIpc) is 2.63. The first kappa shape index (κ1) is 19.8. The maximum atomic E-state index is 12.9. The van der Waals surface area contributed by atoms with Gasteiger partial charge in [-0.1, -0.05) is 11.6 Å². The quantitative estimate of drug-likeness (QED) is 0.585. The van der Waals surface area contributed by atoms with Crippen molar-refractivity contribution in [2.24, 2.45) is 0 Å². The molecule has 9 heteroatoms. The van der Waals surface area contributed by atoms with Gasteiger partial charge in [-0.05, 0) is 42.5 Å². The van der Waals surface area contributed by atoms with Crippen molar-refractivity contribution in [1.82, 2.24) is 0 Å². The minimum absolute atomic E-state index is 0.156. The SMILES string of the molecule is N#C/C(=C/Nc1ccc(C#N)cc1)C(=O)Nc1ccc(Cl)c(C(F)(F)F)c1. The molecule has 27 heavy (non-hydrogen) atoms. The van der Waals surface area contributed by atoms with Crippen molar-refractivity contribution in [3.63, 3.8) is 0 Å². The molecule has 0 heterocycles. The number of hydrogen-bond acceptors (Lipinski definition) is 4. The van der Waals surface area contributed by atoms with Crippen LogP contribution in [0.5, 0.6) is 0 Å². The fraction of sp³-hybridized carbons (Fsp3) is 0.0556. The van der Waals surface area contributed by atoms with Crippen LogP contribution in [0.3, 0.4) is 0 Å². The van der Waals surface area contributed by atoms with Crippen molar-refractivity contribution in [3.05, 3.63) is 70.4 Å². The first-order valence-corrected chi connectivity index (χ1v) is 7.67. The van der Waals surface area contributed by atoms with Gasteiger partial charge in [-0.2, -0.15) is 23.7 Å². The lowest BCUT2D eigenvalue weighted by Gasteiger charge is -2.11. The number of benzene rings is 2. The summed E-state index contributed by atoms with van der Waals surface area (Å²) < 4.78 is 38.6. The van der Waals surface area contributed by atoms with Crippen LogP contribution in [0.1, 0.15) is 11.1 Å². The minimum atomic E-state index is -4.68. The number of carbonyl (C=O) groups is 1. The Morgan fingerprint density at radius 3 is 2.26 bits per heavy atom. The number of anilines is 2. The molecule has 136 valence electrons. The van der Waals surface area contributed by atoms with Gasteiger partial charge in [-0.25, -0.2) is 0 Å². The third-order valence-corrected chi connectivity index (χ3v) is 3.62. The highest BCUT2D eigenvalue weighted by molar-refractivity contribution is 6.31. The van der Waals surface area contributed by atoms with E-state index in [9.17, 15) is 18.0 Å². The molecule has 5 nitrogen and oxygen atoms in total. The molecule has 0 aliphatic carbocycles. The van der Waals surface area contributed by atoms with Gasteiger partial charge in [-0.3, -0.25) is 4.79 Å². The average molecular weight is 391 g/mol. The lowest BCUT2D eigenvalue weighted by atomic mass is 10.2. The second-order valence-electron chi connectivity index (χ2n) is 5.15. The Kier molecular flexibility index (Phi) is 6.07. The molecule has 0 saturated carbocycles. The summed E-state index contributed by atoms with van der Waals surface area (Å²) in [5.74, 6) is -0.894. The van der Waals surface area contributed by atoms with Crippen LogP contribution in [0, 0.1) is 22.7 Å². The van der Waals surface area contributed by atoms with Gasteiger partial charge >= 0.3 is 6.18 Å². The third-order valence-electron chi connectivity index (χ3n) is 3.29. The zero-order valence-electron chi connectivity index (χ0n) is 13.4. The second-order valence-corrected chi connectivity index (χ2v) is 5.56. The number of alkyl halides is 3. The van der Waals surface area contributed by atoms with Gasteiger partial charge in [0.1, 0.15) is 11.6 Å². The van der Waals surface area contributed by atoms with Gasteiger partial charge in [0.15, 0.2) is 0 Å². The predicted molar refractivity (Wildman–Crippen MR) is 93.6 cm³/mol. The monoisotopic (exact) mass is 390 g/mol. The molecule has 0 aromatic heterocycles. The summed E-state index contributed by atoms with van der Waals surface area (Å²) in [6, 6.07) is 12.7. The number of rotatable bonds is 4. The normalized spacial score (nSPS) is 11.3. The Hall–Kier alpha value is -3.49. The Morgan fingerprint density at radius 1 is 1.07 bits per heavy atom. The summed E-state index contributed by atoms with van der Waals surface area (Å²) in [4.78, 5) is 12.1. The fourth-order valence-electron chi connectivity index (χ4n) is 1.96. The molecular formula is C18H10ClF3N4O. The van der Waals surface area contributed by atoms with Crippen LogP contribution in [0.25, 0.3) is 0 Å². The molecule has 2 aromatic carbocycles. The number of halogens is 4. The van der Waals surface area contributed by atoms with E-state index in [1.54, 1.807) is 18.2 Å². The highest BCUT2D eigenvalue weighted by Gasteiger charge is 2.33. The third kappa shape index (κ3) is 5.24. The molecule has 0 fully saturated rings. The zero-order chi connectivity index (χ0) is 20.0. The van der Waals surface area contributed by atoms with Crippen molar-refractivity contribution in [2.75, 3.05) is 10.6 Å². The van der Waals surface area contributed by atoms with Crippen molar-refractivity contribution in [3.8, 4) is 12.1 Å². The summed E-state index contributed by atoms with van der Waals surface area (Å²) in [5.41, 5.74) is -0.661. The second kappa shape index (κ2) is 8.26. The Labute approximate surface area is 157 Å². The molecule has 0 atom stereocenters. The smallest absolute Gasteiger partial charge is 0.360 e. The van der Waals surface area contributed by atoms with E-state index in [2.05, 4.69) is 10.6 Å². The maximum absolute atomic E-state index is 12.9. The fourth-order valence-corrected chi connectivity index (χ4v) is 2.19. The number of carbonyl (C=O) groups excluding carboxylic acids is 1. The highest BCUT2D eigenvalue weighted by atomic mass is 35.5. The van der Waals surface area contributed by atoms with Crippen molar-refractivity contribution < 1.29 is 18.0 Å². The highest BCUT2D eigenvalue weighted by Crippen LogP contribution is 2.36. The van der Waals surface area contributed by atoms with Crippen LogP contribution >= 0.6 is 11.6 Å². The number of nitrogens with zero attached hydrogens (tertiary/aromatic N) is 2. The molecule has 0 saturated heterocycles. The number of amides is 1. The summed E-state index contributed by atoms with van der Waals surface area (Å²) in [5, 5.41) is 22.2. The lowest BCUT2D eigenvalue weighted by molar-refractivity contribution is -0.137. The predicted octanol–water partition coefficient (Wildman–Crippen LogP) is 4.69. The Balaban J connectivity index is 2.15. The van der Waals surface area contributed by atoms with E-state index in [0.717, 1.165) is 12.3 Å². The number of nitrogens with one attached hydrogen (secondary N) is 2. The molecule has 2 rings (SSSR count). The standard InChI is InChI=1S/C18H10ClF3N4O/c19-16-6-5-14(7-15(16)18(20,21)22)26-17(27)12(9-24)10-25-13-3-1-11(8-23)2-4-13/h1-7,10,25H,(H,26,27)/b12-10-. The van der Waals surface area contributed by atoms with Crippen LogP contribution in [-0.4, -0.2) is 5.91 Å². The lowest BCUT2D eigenvalue weighted by Crippen LogP contribution is -2.15. The van der Waals surface area contributed by atoms with Gasteiger partial charge in [0.25, 0.3) is 5.91 Å². The summed E-state index contributed by atoms with van der Waals surface area (Å²) in [7, 11) is 0. The zero-order valence-corrected chi connectivity index (χ0v) is 14.2. The van der Waals surface area contributed by atoms with E-state index in [0.29, 0.717) is 17.3 Å². The van der Waals surface area contributed by atoms with E-state index in [1.807, 2.05) is 6.07 Å². The molecule has 0 aliphatic heterocycles. The van der Waals surface area contributed by atoms with Gasteiger partial charge in [0.2, 0.25) is 0 Å². The van der Waals surface area contributed by atoms with Crippen molar-refractivity contribution in [2.45, 2.75) is 6.18 Å². The van der Waals surface area contributed by atoms with E-state index < -0.39 is 22.7 Å². The van der Waals surface area contributed by atoms with E-state index >= 15 is 0 Å². The molecule has 0 aliphatic rings. The molecule has 0 unspecified atom stereocenters. The number of nitriles is 2. The van der Waals surface area contributed by atoms with Gasteiger partial charge < -0.3 is 10.6 Å². The van der Waals surface area contributed by atoms with Crippen LogP contribution in [0.15, 0.2) is 54.2 Å². The molecule has 1 amide bonds. The van der Waals surface area contributed by atoms with E-state index in [-0.39, 0.29) is 11.3 Å².